The molecule has 2 rings (SSSR count). The molecule has 0 aliphatic carbocycles. The Morgan fingerprint density at radius 3 is 3.06 bits per heavy atom. The second kappa shape index (κ2) is 5.78. The Morgan fingerprint density at radius 2 is 2.35 bits per heavy atom. The molecule has 1 saturated heterocycles. The first-order valence-corrected chi connectivity index (χ1v) is 7.55. The van der Waals surface area contributed by atoms with Gasteiger partial charge >= 0.3 is 0 Å². The SMILES string of the molecule is Nc1ccc(Br)cc1C(=O)NC1CCCSC1. The molecule has 0 saturated carbocycles. The van der Waals surface area contributed by atoms with E-state index in [4.69, 9.17) is 5.73 Å². The van der Waals surface area contributed by atoms with Gasteiger partial charge in [0.15, 0.2) is 0 Å². The van der Waals surface area contributed by atoms with Gasteiger partial charge in [-0.2, -0.15) is 11.8 Å². The van der Waals surface area contributed by atoms with Crippen LogP contribution in [0.4, 0.5) is 5.69 Å². The molecule has 1 aliphatic heterocycles. The van der Waals surface area contributed by atoms with Crippen LogP contribution in [-0.4, -0.2) is 23.5 Å². The zero-order valence-corrected chi connectivity index (χ0v) is 11.8. The van der Waals surface area contributed by atoms with E-state index in [1.165, 1.54) is 12.2 Å². The number of thioether (sulfide) groups is 1. The van der Waals surface area contributed by atoms with Crippen LogP contribution < -0.4 is 11.1 Å². The summed E-state index contributed by atoms with van der Waals surface area (Å²) in [5, 5.41) is 3.04. The molecule has 0 radical (unpaired) electrons. The van der Waals surface area contributed by atoms with Crippen LogP contribution in [0.3, 0.4) is 0 Å². The Bertz CT molecular complexity index is 419. The first-order chi connectivity index (χ1) is 8.16. The number of nitrogen functional groups attached to an aromatic ring is 1. The van der Waals surface area contributed by atoms with Crippen molar-refractivity contribution in [3.05, 3.63) is 28.2 Å². The minimum atomic E-state index is -0.0729. The highest BCUT2D eigenvalue weighted by atomic mass is 79.9. The standard InChI is InChI=1S/C12H15BrN2OS/c13-8-3-4-11(14)10(6-8)12(16)15-9-2-1-5-17-7-9/h3-4,6,9H,1-2,5,7,14H2,(H,15,16). The molecule has 1 amide bonds. The Balaban J connectivity index is 2.05. The fourth-order valence-corrected chi connectivity index (χ4v) is 3.28. The largest absolute Gasteiger partial charge is 0.398 e. The highest BCUT2D eigenvalue weighted by molar-refractivity contribution is 9.10. The summed E-state index contributed by atoms with van der Waals surface area (Å²) >= 11 is 5.24. The first kappa shape index (κ1) is 12.8. The van der Waals surface area contributed by atoms with Gasteiger partial charge in [-0.1, -0.05) is 15.9 Å². The maximum Gasteiger partial charge on any atom is 0.253 e. The maximum absolute atomic E-state index is 12.1. The Kier molecular flexibility index (Phi) is 4.34. The lowest BCUT2D eigenvalue weighted by molar-refractivity contribution is 0.0939. The first-order valence-electron chi connectivity index (χ1n) is 5.60. The lowest BCUT2D eigenvalue weighted by Crippen LogP contribution is -2.38. The van der Waals surface area contributed by atoms with E-state index in [0.717, 1.165) is 16.6 Å². The zero-order valence-electron chi connectivity index (χ0n) is 9.41. The molecular weight excluding hydrogens is 300 g/mol. The van der Waals surface area contributed by atoms with Crippen LogP contribution in [0.2, 0.25) is 0 Å². The van der Waals surface area contributed by atoms with Crippen molar-refractivity contribution in [2.75, 3.05) is 17.2 Å². The van der Waals surface area contributed by atoms with Gasteiger partial charge < -0.3 is 11.1 Å². The smallest absolute Gasteiger partial charge is 0.253 e. The highest BCUT2D eigenvalue weighted by Gasteiger charge is 2.18. The second-order valence-electron chi connectivity index (χ2n) is 4.12. The third-order valence-electron chi connectivity index (χ3n) is 2.76. The molecule has 0 aromatic heterocycles. The van der Waals surface area contributed by atoms with Crippen molar-refractivity contribution in [2.24, 2.45) is 0 Å². The molecule has 1 fully saturated rings. The molecule has 17 heavy (non-hydrogen) atoms. The number of benzene rings is 1. The molecule has 1 heterocycles. The summed E-state index contributed by atoms with van der Waals surface area (Å²) in [6.07, 6.45) is 2.23. The van der Waals surface area contributed by atoms with Crippen molar-refractivity contribution in [3.8, 4) is 0 Å². The van der Waals surface area contributed by atoms with Crippen LogP contribution in [0, 0.1) is 0 Å². The number of carbonyl (C=O) groups is 1. The van der Waals surface area contributed by atoms with Gasteiger partial charge in [-0.25, -0.2) is 0 Å². The number of amides is 1. The summed E-state index contributed by atoms with van der Waals surface area (Å²) in [4.78, 5) is 12.1. The Hall–Kier alpha value is -0.680. The average Bonchev–Trinajstić information content (AvgIpc) is 2.33. The molecule has 3 N–H and O–H groups in total. The van der Waals surface area contributed by atoms with E-state index in [1.54, 1.807) is 12.1 Å². The number of hydrogen-bond donors (Lipinski definition) is 2. The molecule has 1 aliphatic rings. The van der Waals surface area contributed by atoms with Gasteiger partial charge in [0.05, 0.1) is 5.56 Å². The van der Waals surface area contributed by atoms with E-state index in [1.807, 2.05) is 17.8 Å². The summed E-state index contributed by atoms with van der Waals surface area (Å²) in [6, 6.07) is 5.62. The van der Waals surface area contributed by atoms with Gasteiger partial charge in [0.2, 0.25) is 0 Å². The number of nitrogens with two attached hydrogens (primary N) is 1. The van der Waals surface area contributed by atoms with E-state index in [0.29, 0.717) is 11.3 Å². The van der Waals surface area contributed by atoms with Gasteiger partial charge in [-0.05, 0) is 36.8 Å². The molecule has 92 valence electrons. The molecule has 1 aromatic rings. The zero-order chi connectivity index (χ0) is 12.3. The topological polar surface area (TPSA) is 55.1 Å². The van der Waals surface area contributed by atoms with Crippen molar-refractivity contribution in [2.45, 2.75) is 18.9 Å². The van der Waals surface area contributed by atoms with Crippen LogP contribution >= 0.6 is 27.7 Å². The number of rotatable bonds is 2. The predicted octanol–water partition coefficient (Wildman–Crippen LogP) is 2.66. The van der Waals surface area contributed by atoms with E-state index in [2.05, 4.69) is 21.2 Å². The monoisotopic (exact) mass is 314 g/mol. The van der Waals surface area contributed by atoms with Crippen molar-refractivity contribution in [1.82, 2.24) is 5.32 Å². The van der Waals surface area contributed by atoms with Crippen LogP contribution in [0.5, 0.6) is 0 Å². The van der Waals surface area contributed by atoms with Crippen molar-refractivity contribution < 1.29 is 4.79 Å². The molecule has 5 heteroatoms. The number of nitrogens with one attached hydrogen (secondary N) is 1. The number of halogens is 1. The summed E-state index contributed by atoms with van der Waals surface area (Å²) in [6.45, 7) is 0. The van der Waals surface area contributed by atoms with E-state index in [-0.39, 0.29) is 11.9 Å². The Morgan fingerprint density at radius 1 is 1.53 bits per heavy atom. The third-order valence-corrected chi connectivity index (χ3v) is 4.46. The molecule has 0 bridgehead atoms. The van der Waals surface area contributed by atoms with E-state index >= 15 is 0 Å². The molecule has 1 aromatic carbocycles. The highest BCUT2D eigenvalue weighted by Crippen LogP contribution is 2.20. The van der Waals surface area contributed by atoms with Crippen molar-refractivity contribution in [1.29, 1.82) is 0 Å². The Labute approximate surface area is 114 Å². The molecule has 1 atom stereocenters. The molecular formula is C12H15BrN2OS. The van der Waals surface area contributed by atoms with Crippen LogP contribution in [-0.2, 0) is 0 Å². The molecule has 0 spiro atoms. The van der Waals surface area contributed by atoms with Gasteiger partial charge in [0, 0.05) is 22.0 Å². The minimum Gasteiger partial charge on any atom is -0.398 e. The molecule has 1 unspecified atom stereocenters. The van der Waals surface area contributed by atoms with E-state index < -0.39 is 0 Å². The van der Waals surface area contributed by atoms with Gasteiger partial charge in [-0.15, -0.1) is 0 Å². The summed E-state index contributed by atoms with van der Waals surface area (Å²) < 4.78 is 0.870. The fourth-order valence-electron chi connectivity index (χ4n) is 1.84. The average molecular weight is 315 g/mol. The second-order valence-corrected chi connectivity index (χ2v) is 6.18. The van der Waals surface area contributed by atoms with Crippen molar-refractivity contribution >= 4 is 39.3 Å². The molecule has 3 nitrogen and oxygen atoms in total. The maximum atomic E-state index is 12.1. The normalized spacial score (nSPS) is 19.9. The number of anilines is 1. The fraction of sp³-hybridized carbons (Fsp3) is 0.417. The van der Waals surface area contributed by atoms with Crippen LogP contribution in [0.1, 0.15) is 23.2 Å². The third kappa shape index (κ3) is 3.39. The van der Waals surface area contributed by atoms with Crippen LogP contribution in [0.25, 0.3) is 0 Å². The minimum absolute atomic E-state index is 0.0729. The predicted molar refractivity (Wildman–Crippen MR) is 76.4 cm³/mol. The van der Waals surface area contributed by atoms with Gasteiger partial charge in [0.25, 0.3) is 5.91 Å². The van der Waals surface area contributed by atoms with E-state index in [9.17, 15) is 4.79 Å². The number of carbonyl (C=O) groups excluding carboxylic acids is 1. The quantitative estimate of drug-likeness (QED) is 0.825. The summed E-state index contributed by atoms with van der Waals surface area (Å²) in [7, 11) is 0. The number of hydrogen-bond acceptors (Lipinski definition) is 3. The lowest BCUT2D eigenvalue weighted by atomic mass is 10.1. The lowest BCUT2D eigenvalue weighted by Gasteiger charge is -2.22. The summed E-state index contributed by atoms with van der Waals surface area (Å²) in [5.41, 5.74) is 6.88. The summed E-state index contributed by atoms with van der Waals surface area (Å²) in [5.74, 6) is 2.13. The van der Waals surface area contributed by atoms with Crippen molar-refractivity contribution in [3.63, 3.8) is 0 Å². The van der Waals surface area contributed by atoms with Crippen LogP contribution in [0.15, 0.2) is 22.7 Å². The van der Waals surface area contributed by atoms with Gasteiger partial charge in [-0.3, -0.25) is 4.79 Å². The van der Waals surface area contributed by atoms with Gasteiger partial charge in [0.1, 0.15) is 0 Å².